The van der Waals surface area contributed by atoms with Crippen LogP contribution in [0.2, 0.25) is 0 Å². The van der Waals surface area contributed by atoms with Gasteiger partial charge in [0.25, 0.3) is 0 Å². The third-order valence-corrected chi connectivity index (χ3v) is 5.06. The third kappa shape index (κ3) is 2.65. The molecule has 2 heterocycles. The number of halogens is 1. The number of aromatic amines is 1. The Bertz CT molecular complexity index is 794. The first-order valence-corrected chi connectivity index (χ1v) is 8.29. The van der Waals surface area contributed by atoms with Crippen molar-refractivity contribution in [1.29, 1.82) is 0 Å². The smallest absolute Gasteiger partial charge is 0.153 e. The lowest BCUT2D eigenvalue weighted by molar-refractivity contribution is 0.416. The first-order chi connectivity index (χ1) is 10.1. The van der Waals surface area contributed by atoms with Crippen LogP contribution in [0.3, 0.4) is 0 Å². The predicted molar refractivity (Wildman–Crippen MR) is 95.8 cm³/mol. The lowest BCUT2D eigenvalue weighted by atomic mass is 9.99. The van der Waals surface area contributed by atoms with Crippen LogP contribution in [0.5, 0.6) is 5.75 Å². The molecule has 0 aliphatic carbocycles. The van der Waals surface area contributed by atoms with Crippen molar-refractivity contribution in [3.05, 3.63) is 38.1 Å². The van der Waals surface area contributed by atoms with Crippen LogP contribution in [0.1, 0.15) is 5.56 Å². The largest absolute Gasteiger partial charge is 0.496 e. The van der Waals surface area contributed by atoms with Crippen molar-refractivity contribution in [2.75, 3.05) is 12.8 Å². The van der Waals surface area contributed by atoms with Crippen LogP contribution in [-0.2, 0) is 0 Å². The molecule has 3 aromatic rings. The van der Waals surface area contributed by atoms with Crippen LogP contribution in [-0.4, -0.2) is 17.3 Å². The van der Waals surface area contributed by atoms with Crippen LogP contribution in [0.15, 0.2) is 29.6 Å². The monoisotopic (exact) mass is 411 g/mol. The minimum Gasteiger partial charge on any atom is -0.496 e. The fourth-order valence-corrected chi connectivity index (χ4v) is 3.63. The fourth-order valence-electron chi connectivity index (χ4n) is 2.30. The molecule has 0 saturated carbocycles. The second kappa shape index (κ2) is 5.69. The number of aromatic nitrogens is 2. The quantitative estimate of drug-likeness (QED) is 0.632. The zero-order valence-corrected chi connectivity index (χ0v) is 14.6. The molecule has 1 aromatic carbocycles. The van der Waals surface area contributed by atoms with Gasteiger partial charge in [0, 0.05) is 16.5 Å². The van der Waals surface area contributed by atoms with E-state index in [2.05, 4.69) is 50.3 Å². The van der Waals surface area contributed by atoms with Gasteiger partial charge in [-0.25, -0.2) is 0 Å². The summed E-state index contributed by atoms with van der Waals surface area (Å²) >= 11 is 4.00. The molecule has 0 unspecified atom stereocenters. The Balaban J connectivity index is 2.24. The highest BCUT2D eigenvalue weighted by Gasteiger charge is 2.19. The highest BCUT2D eigenvalue weighted by atomic mass is 127. The van der Waals surface area contributed by atoms with Crippen LogP contribution in [0.4, 0.5) is 5.82 Å². The van der Waals surface area contributed by atoms with Crippen LogP contribution in [0, 0.1) is 9.81 Å². The number of aryl methyl sites for hydroxylation is 1. The summed E-state index contributed by atoms with van der Waals surface area (Å²) in [5, 5.41) is 9.33. The van der Waals surface area contributed by atoms with E-state index >= 15 is 0 Å². The number of hydrogen-bond acceptors (Lipinski definition) is 4. The van der Waals surface area contributed by atoms with E-state index in [-0.39, 0.29) is 0 Å². The average molecular weight is 411 g/mol. The Morgan fingerprint density at radius 3 is 2.81 bits per heavy atom. The van der Waals surface area contributed by atoms with E-state index in [1.54, 1.807) is 18.4 Å². The van der Waals surface area contributed by atoms with Crippen molar-refractivity contribution in [3.8, 4) is 28.1 Å². The number of hydrogen-bond donors (Lipinski definition) is 2. The molecule has 0 aliphatic rings. The van der Waals surface area contributed by atoms with E-state index < -0.39 is 0 Å². The molecule has 0 amide bonds. The van der Waals surface area contributed by atoms with Crippen molar-refractivity contribution >= 4 is 39.7 Å². The highest BCUT2D eigenvalue weighted by molar-refractivity contribution is 14.1. The maximum absolute atomic E-state index is 6.09. The topological polar surface area (TPSA) is 63.9 Å². The Hall–Kier alpha value is -1.54. The SMILES string of the molecule is COc1ccc(C)cc1-c1c(N)n[nH]c1-c1csc(I)c1. The average Bonchev–Trinajstić information content (AvgIpc) is 3.04. The number of nitrogens with zero attached hydrogens (tertiary/aromatic N) is 1. The standard InChI is InChI=1S/C15H14IN3OS/c1-8-3-4-11(20-2)10(5-8)13-14(18-19-15(13)17)9-6-12(16)21-7-9/h3-7H,1-2H3,(H3,17,18,19). The van der Waals surface area contributed by atoms with Gasteiger partial charge in [0.05, 0.1) is 21.3 Å². The van der Waals surface area contributed by atoms with Gasteiger partial charge in [0.2, 0.25) is 0 Å². The minimum atomic E-state index is 0.482. The van der Waals surface area contributed by atoms with Crippen molar-refractivity contribution in [2.24, 2.45) is 0 Å². The summed E-state index contributed by atoms with van der Waals surface area (Å²) in [7, 11) is 1.66. The van der Waals surface area contributed by atoms with Crippen molar-refractivity contribution < 1.29 is 4.74 Å². The second-order valence-corrected chi connectivity index (χ2v) is 7.51. The maximum atomic E-state index is 6.09. The molecule has 108 valence electrons. The van der Waals surface area contributed by atoms with E-state index in [4.69, 9.17) is 10.5 Å². The molecule has 0 saturated heterocycles. The Morgan fingerprint density at radius 1 is 1.33 bits per heavy atom. The summed E-state index contributed by atoms with van der Waals surface area (Å²) in [6.45, 7) is 2.05. The number of H-pyrrole nitrogens is 1. The van der Waals surface area contributed by atoms with Gasteiger partial charge < -0.3 is 10.5 Å². The molecule has 6 heteroatoms. The number of nitrogen functional groups attached to an aromatic ring is 1. The Kier molecular flexibility index (Phi) is 3.90. The molecule has 3 N–H and O–H groups in total. The molecule has 0 atom stereocenters. The molecule has 4 nitrogen and oxygen atoms in total. The number of nitrogens with one attached hydrogen (secondary N) is 1. The number of anilines is 1. The summed E-state index contributed by atoms with van der Waals surface area (Å²) in [5.74, 6) is 1.27. The second-order valence-electron chi connectivity index (χ2n) is 4.70. The van der Waals surface area contributed by atoms with Gasteiger partial charge in [-0.05, 0) is 47.7 Å². The van der Waals surface area contributed by atoms with Gasteiger partial charge in [-0.2, -0.15) is 5.10 Å². The van der Waals surface area contributed by atoms with Crippen molar-refractivity contribution in [2.45, 2.75) is 6.92 Å². The third-order valence-electron chi connectivity index (χ3n) is 3.27. The van der Waals surface area contributed by atoms with E-state index in [1.165, 1.54) is 2.88 Å². The first-order valence-electron chi connectivity index (χ1n) is 6.33. The number of ether oxygens (including phenoxy) is 1. The summed E-state index contributed by atoms with van der Waals surface area (Å²) < 4.78 is 6.70. The van der Waals surface area contributed by atoms with E-state index in [0.29, 0.717) is 5.82 Å². The minimum absolute atomic E-state index is 0.482. The zero-order valence-electron chi connectivity index (χ0n) is 11.6. The van der Waals surface area contributed by atoms with Gasteiger partial charge in [0.1, 0.15) is 5.75 Å². The Morgan fingerprint density at radius 2 is 2.14 bits per heavy atom. The van der Waals surface area contributed by atoms with Gasteiger partial charge in [-0.15, -0.1) is 11.3 Å². The van der Waals surface area contributed by atoms with Gasteiger partial charge in [0.15, 0.2) is 5.82 Å². The highest BCUT2D eigenvalue weighted by Crippen LogP contribution is 2.41. The number of rotatable bonds is 3. The number of methoxy groups -OCH3 is 1. The summed E-state index contributed by atoms with van der Waals surface area (Å²) in [6.07, 6.45) is 0. The van der Waals surface area contributed by atoms with Crippen LogP contribution >= 0.6 is 33.9 Å². The molecule has 3 rings (SSSR count). The molecule has 0 bridgehead atoms. The molecular formula is C15H14IN3OS. The molecule has 2 aromatic heterocycles. The molecule has 21 heavy (non-hydrogen) atoms. The number of thiophene rings is 1. The van der Waals surface area contributed by atoms with E-state index in [1.807, 2.05) is 19.1 Å². The number of nitrogens with two attached hydrogens (primary N) is 1. The maximum Gasteiger partial charge on any atom is 0.153 e. The van der Waals surface area contributed by atoms with Gasteiger partial charge in [-0.1, -0.05) is 11.6 Å². The van der Waals surface area contributed by atoms with Crippen molar-refractivity contribution in [3.63, 3.8) is 0 Å². The molecule has 0 radical (unpaired) electrons. The first kappa shape index (κ1) is 14.4. The van der Waals surface area contributed by atoms with Gasteiger partial charge >= 0.3 is 0 Å². The predicted octanol–water partition coefficient (Wildman–Crippen LogP) is 4.31. The van der Waals surface area contributed by atoms with Crippen LogP contribution < -0.4 is 10.5 Å². The normalized spacial score (nSPS) is 10.8. The Labute approximate surface area is 140 Å². The lowest BCUT2D eigenvalue weighted by Crippen LogP contribution is -1.93. The molecular weight excluding hydrogens is 397 g/mol. The lowest BCUT2D eigenvalue weighted by Gasteiger charge is -2.10. The van der Waals surface area contributed by atoms with Gasteiger partial charge in [-0.3, -0.25) is 5.10 Å². The fraction of sp³-hybridized carbons (Fsp3) is 0.133. The van der Waals surface area contributed by atoms with E-state index in [0.717, 1.165) is 33.7 Å². The van der Waals surface area contributed by atoms with Crippen molar-refractivity contribution in [1.82, 2.24) is 10.2 Å². The molecule has 0 fully saturated rings. The molecule has 0 spiro atoms. The summed E-state index contributed by atoms with van der Waals surface area (Å²) in [6, 6.07) is 8.16. The summed E-state index contributed by atoms with van der Waals surface area (Å²) in [4.78, 5) is 0. The molecule has 0 aliphatic heterocycles. The van der Waals surface area contributed by atoms with E-state index in [9.17, 15) is 0 Å². The zero-order chi connectivity index (χ0) is 15.0. The van der Waals surface area contributed by atoms with Crippen LogP contribution in [0.25, 0.3) is 22.4 Å². The summed E-state index contributed by atoms with van der Waals surface area (Å²) in [5.41, 5.74) is 11.1. The number of benzene rings is 1.